The first-order valence-electron chi connectivity index (χ1n) is 6.19. The van der Waals surface area contributed by atoms with E-state index >= 15 is 0 Å². The Morgan fingerprint density at radius 1 is 1.37 bits per heavy atom. The average Bonchev–Trinajstić information content (AvgIpc) is 2.32. The summed E-state index contributed by atoms with van der Waals surface area (Å²) in [5.41, 5.74) is 0.868. The van der Waals surface area contributed by atoms with Crippen molar-refractivity contribution in [2.45, 2.75) is 46.6 Å². The average molecular weight is 314 g/mol. The van der Waals surface area contributed by atoms with Gasteiger partial charge in [-0.15, -0.1) is 7.05 Å². The molecule has 0 spiro atoms. The van der Waals surface area contributed by atoms with Crippen molar-refractivity contribution >= 4 is 18.7 Å². The van der Waals surface area contributed by atoms with Gasteiger partial charge in [-0.1, -0.05) is 33.6 Å². The first-order valence-corrected chi connectivity index (χ1v) is 6.64. The third kappa shape index (κ3) is 21.4. The molecular weight excluding hydrogens is 285 g/mol. The molecule has 4 nitrogen and oxygen atoms in total. The first kappa shape index (κ1) is 24.9. The maximum Gasteiger partial charge on any atom is 1.00 e. The summed E-state index contributed by atoms with van der Waals surface area (Å²) in [6.07, 6.45) is 3.38. The minimum Gasteiger partial charge on any atom is -0.690 e. The number of nitrogens with one attached hydrogen (secondary N) is 2. The third-order valence-electron chi connectivity index (χ3n) is 1.86. The van der Waals surface area contributed by atoms with Crippen molar-refractivity contribution in [3.05, 3.63) is 17.1 Å². The smallest absolute Gasteiger partial charge is 0.690 e. The summed E-state index contributed by atoms with van der Waals surface area (Å²) in [6.45, 7) is 8.54. The Morgan fingerprint density at radius 2 is 1.84 bits per heavy atom. The molecule has 0 heterocycles. The summed E-state index contributed by atoms with van der Waals surface area (Å²) in [7, 11) is 3.19. The van der Waals surface area contributed by atoms with Gasteiger partial charge in [-0.2, -0.15) is 5.70 Å². The molecule has 0 saturated carbocycles. The molecule has 0 rings (SSSR count). The van der Waals surface area contributed by atoms with Crippen LogP contribution in [0.15, 0.2) is 11.8 Å². The molecule has 0 fully saturated rings. The molecule has 0 aliphatic carbocycles. The van der Waals surface area contributed by atoms with Gasteiger partial charge in [0.1, 0.15) is 0 Å². The van der Waals surface area contributed by atoms with Gasteiger partial charge < -0.3 is 10.1 Å². The normalized spacial score (nSPS) is 11.9. The van der Waals surface area contributed by atoms with E-state index in [-0.39, 0.29) is 57.3 Å². The van der Waals surface area contributed by atoms with Crippen LogP contribution in [0, 0.1) is 11.3 Å². The van der Waals surface area contributed by atoms with E-state index in [9.17, 15) is 0 Å². The van der Waals surface area contributed by atoms with E-state index in [2.05, 4.69) is 43.6 Å². The van der Waals surface area contributed by atoms with Crippen LogP contribution in [0.4, 0.5) is 0 Å². The number of hydrogen-bond acceptors (Lipinski definition) is 4. The molecule has 1 unspecified atom stereocenters. The molecule has 0 aromatic carbocycles. The second-order valence-electron chi connectivity index (χ2n) is 4.73. The topological polar surface area (TPSA) is 59.2 Å². The van der Waals surface area contributed by atoms with Gasteiger partial charge in [0.25, 0.3) is 0 Å². The number of nitrogens with zero attached hydrogens (tertiary/aromatic N) is 1. The summed E-state index contributed by atoms with van der Waals surface area (Å²) in [6, 6.07) is 0.334. The second-order valence-corrected chi connectivity index (χ2v) is 4.99. The Kier molecular flexibility index (Phi) is 22.3. The molecule has 2 N–H and O–H groups in total. The second kappa shape index (κ2) is 17.0. The van der Waals surface area contributed by atoms with Crippen LogP contribution in [0.5, 0.6) is 0 Å². The van der Waals surface area contributed by atoms with Crippen molar-refractivity contribution < 1.29 is 56.1 Å². The molecule has 0 bridgehead atoms. The molecule has 0 radical (unpaired) electrons. The number of hydrogen-bond donors (Lipinski definition) is 3. The van der Waals surface area contributed by atoms with E-state index in [4.69, 9.17) is 10.1 Å². The summed E-state index contributed by atoms with van der Waals surface area (Å²) in [5, 5.41) is 11.4. The first-order chi connectivity index (χ1) is 8.37. The van der Waals surface area contributed by atoms with Gasteiger partial charge in [-0.05, 0) is 31.8 Å². The minimum absolute atomic E-state index is 0. The van der Waals surface area contributed by atoms with Crippen molar-refractivity contribution in [2.75, 3.05) is 14.2 Å². The van der Waals surface area contributed by atoms with Crippen LogP contribution in [-0.4, -0.2) is 26.1 Å². The number of allylic oxidation sites excluding steroid dienone is 1. The summed E-state index contributed by atoms with van der Waals surface area (Å²) in [4.78, 5) is 0. The van der Waals surface area contributed by atoms with Crippen LogP contribution in [0.3, 0.4) is 0 Å². The van der Waals surface area contributed by atoms with Gasteiger partial charge in [-0.3, -0.25) is 10.1 Å². The molecule has 6 heteroatoms. The van der Waals surface area contributed by atoms with Crippen molar-refractivity contribution in [1.29, 1.82) is 5.41 Å². The SMILES string of the molecule is CC(C)C.C[N-]/C(=C\C(=N)OC)CCC(C)NS.[K+]. The number of ether oxygens (including phenoxy) is 1. The Morgan fingerprint density at radius 3 is 2.16 bits per heavy atom. The predicted octanol–water partition coefficient (Wildman–Crippen LogP) is 0.767. The molecule has 19 heavy (non-hydrogen) atoms. The van der Waals surface area contributed by atoms with Gasteiger partial charge in [0.15, 0.2) is 0 Å². The van der Waals surface area contributed by atoms with Gasteiger partial charge in [0.2, 0.25) is 5.90 Å². The van der Waals surface area contributed by atoms with Gasteiger partial charge in [-0.25, -0.2) is 0 Å². The Labute approximate surface area is 167 Å². The molecule has 0 saturated heterocycles. The van der Waals surface area contributed by atoms with E-state index in [1.54, 1.807) is 13.1 Å². The molecule has 0 amide bonds. The fourth-order valence-electron chi connectivity index (χ4n) is 0.888. The number of methoxy groups -OCH3 is 1. The van der Waals surface area contributed by atoms with Gasteiger partial charge >= 0.3 is 51.4 Å². The molecule has 108 valence electrons. The quantitative estimate of drug-likeness (QED) is 0.294. The summed E-state index contributed by atoms with van der Waals surface area (Å²) in [5.74, 6) is 0.970. The van der Waals surface area contributed by atoms with Crippen molar-refractivity contribution in [1.82, 2.24) is 4.72 Å². The maximum atomic E-state index is 7.31. The van der Waals surface area contributed by atoms with Crippen LogP contribution in [0.1, 0.15) is 40.5 Å². The van der Waals surface area contributed by atoms with E-state index in [1.807, 2.05) is 6.92 Å². The standard InChI is InChI=1S/C9H18N3OS.C4H10.K/c1-7(12-14)4-5-8(11-2)6-9(10)13-3;1-4(2)3;/h6-7,10,12,14H,4-5H2,1-3H3;4H,1-3H3;/q-1;;+1/b8-6-,10-9?;;. The maximum absolute atomic E-state index is 7.31. The monoisotopic (exact) mass is 313 g/mol. The van der Waals surface area contributed by atoms with Gasteiger partial charge in [0, 0.05) is 6.04 Å². The fourth-order valence-corrected chi connectivity index (χ4v) is 1.02. The minimum atomic E-state index is 0. The van der Waals surface area contributed by atoms with Crippen LogP contribution in [0.2, 0.25) is 0 Å². The summed E-state index contributed by atoms with van der Waals surface area (Å²) >= 11 is 3.97. The van der Waals surface area contributed by atoms with Crippen LogP contribution < -0.4 is 56.1 Å². The molecule has 0 aromatic rings. The van der Waals surface area contributed by atoms with Crippen molar-refractivity contribution in [3.8, 4) is 0 Å². The number of rotatable bonds is 6. The third-order valence-corrected chi connectivity index (χ3v) is 2.30. The van der Waals surface area contributed by atoms with Crippen molar-refractivity contribution in [3.63, 3.8) is 0 Å². The van der Waals surface area contributed by atoms with Gasteiger partial charge in [0.05, 0.1) is 7.11 Å². The Hall–Kier alpha value is 0.956. The molecule has 1 atom stereocenters. The van der Waals surface area contributed by atoms with E-state index in [0.29, 0.717) is 6.04 Å². The molecule has 0 aliphatic rings. The van der Waals surface area contributed by atoms with E-state index < -0.39 is 0 Å². The zero-order chi connectivity index (χ0) is 14.6. The van der Waals surface area contributed by atoms with Crippen LogP contribution >= 0.6 is 12.8 Å². The largest absolute Gasteiger partial charge is 1.00 e. The Balaban J connectivity index is -0.000000448. The number of thiol groups is 1. The molecule has 0 aliphatic heterocycles. The zero-order valence-corrected chi connectivity index (χ0v) is 17.5. The molecular formula is C13H28KN3OS. The Bertz CT molecular complexity index is 245. The van der Waals surface area contributed by atoms with E-state index in [0.717, 1.165) is 24.5 Å². The van der Waals surface area contributed by atoms with Crippen LogP contribution in [0.25, 0.3) is 5.32 Å². The van der Waals surface area contributed by atoms with Crippen LogP contribution in [-0.2, 0) is 4.74 Å². The van der Waals surface area contributed by atoms with Crippen molar-refractivity contribution in [2.24, 2.45) is 5.92 Å². The van der Waals surface area contributed by atoms with E-state index in [1.165, 1.54) is 7.11 Å². The summed E-state index contributed by atoms with van der Waals surface area (Å²) < 4.78 is 7.58. The zero-order valence-electron chi connectivity index (χ0n) is 13.4. The fraction of sp³-hybridized carbons (Fsp3) is 0.769. The molecule has 0 aromatic heterocycles. The predicted molar refractivity (Wildman–Crippen MR) is 83.4 cm³/mol.